The van der Waals surface area contributed by atoms with Gasteiger partial charge in [-0.15, -0.1) is 0 Å². The van der Waals surface area contributed by atoms with Gasteiger partial charge in [-0.05, 0) is 129 Å². The molecule has 0 bridgehead atoms. The molecule has 0 heterocycles. The van der Waals surface area contributed by atoms with Crippen LogP contribution in [0.5, 0.6) is 0 Å². The zero-order chi connectivity index (χ0) is 29.9. The third-order valence-electron chi connectivity index (χ3n) is 9.80. The molecule has 0 atom stereocenters. The molecular weight excluding hydrogens is 528 g/mol. The van der Waals surface area contributed by atoms with Crippen LogP contribution in [0, 0.1) is 0 Å². The molecule has 0 amide bonds. The highest BCUT2D eigenvalue weighted by Crippen LogP contribution is 2.53. The molecule has 6 aromatic rings. The summed E-state index contributed by atoms with van der Waals surface area (Å²) in [7, 11) is 0. The summed E-state index contributed by atoms with van der Waals surface area (Å²) in [5.74, 6) is 0. The van der Waals surface area contributed by atoms with E-state index in [-0.39, 0.29) is 0 Å². The van der Waals surface area contributed by atoms with E-state index >= 15 is 0 Å². The van der Waals surface area contributed by atoms with Gasteiger partial charge in [0.1, 0.15) is 0 Å². The van der Waals surface area contributed by atoms with Gasteiger partial charge in [0.05, 0.1) is 0 Å². The average Bonchev–Trinajstić information content (AvgIpc) is 3.06. The molecule has 0 radical (unpaired) electrons. The summed E-state index contributed by atoms with van der Waals surface area (Å²) >= 11 is 0. The summed E-state index contributed by atoms with van der Waals surface area (Å²) in [5.41, 5.74) is 14.3. The van der Waals surface area contributed by atoms with Gasteiger partial charge in [-0.2, -0.15) is 0 Å². The van der Waals surface area contributed by atoms with Crippen LogP contribution in [0.3, 0.4) is 0 Å². The fraction of sp³-hybridized carbons (Fsp3) is 0.273. The molecule has 0 heteroatoms. The highest BCUT2D eigenvalue weighted by molar-refractivity contribution is 6.21. The van der Waals surface area contributed by atoms with E-state index in [2.05, 4.69) is 123 Å². The Hall–Kier alpha value is -4.16. The number of unbranched alkanes of at least 4 members (excludes halogenated alkanes) is 2. The Kier molecular flexibility index (Phi) is 8.34. The molecule has 44 heavy (non-hydrogen) atoms. The van der Waals surface area contributed by atoms with E-state index in [1.54, 1.807) is 0 Å². The topological polar surface area (TPSA) is 0 Å². The number of hydrogen-bond donors (Lipinski definition) is 0. The van der Waals surface area contributed by atoms with Gasteiger partial charge in [0.25, 0.3) is 0 Å². The number of aryl methyl sites for hydroxylation is 6. The van der Waals surface area contributed by atoms with Crippen LogP contribution in [0.25, 0.3) is 43.8 Å². The van der Waals surface area contributed by atoms with Crippen molar-refractivity contribution < 1.29 is 0 Å². The fourth-order valence-corrected chi connectivity index (χ4v) is 7.09. The molecule has 0 unspecified atom stereocenters. The first kappa shape index (κ1) is 28.6. The van der Waals surface area contributed by atoms with Gasteiger partial charge < -0.3 is 0 Å². The minimum Gasteiger partial charge on any atom is -0.0654 e. The molecule has 0 aromatic heterocycles. The third kappa shape index (κ3) is 5.83. The third-order valence-corrected chi connectivity index (χ3v) is 9.80. The lowest BCUT2D eigenvalue weighted by molar-refractivity contribution is 0.794. The number of hydrogen-bond acceptors (Lipinski definition) is 0. The molecule has 0 aliphatic heterocycles. The second-order valence-corrected chi connectivity index (χ2v) is 12.9. The molecule has 220 valence electrons. The van der Waals surface area contributed by atoms with Crippen LogP contribution >= 0.6 is 0 Å². The number of fused-ring (bicyclic) bond motifs is 8. The van der Waals surface area contributed by atoms with Gasteiger partial charge in [-0.25, -0.2) is 0 Å². The van der Waals surface area contributed by atoms with Crippen LogP contribution in [-0.4, -0.2) is 0 Å². The lowest BCUT2D eigenvalue weighted by atomic mass is 9.75. The van der Waals surface area contributed by atoms with Gasteiger partial charge in [0.15, 0.2) is 0 Å². The molecular formula is C44H44. The van der Waals surface area contributed by atoms with Gasteiger partial charge in [0.2, 0.25) is 0 Å². The van der Waals surface area contributed by atoms with Crippen LogP contribution in [0.4, 0.5) is 0 Å². The minimum atomic E-state index is 1.08. The molecule has 0 saturated heterocycles. The highest BCUT2D eigenvalue weighted by atomic mass is 14.3. The van der Waals surface area contributed by atoms with Crippen molar-refractivity contribution in [2.24, 2.45) is 0 Å². The minimum absolute atomic E-state index is 1.08. The largest absolute Gasteiger partial charge is 0.0654 e. The lowest BCUT2D eigenvalue weighted by Gasteiger charge is -2.28. The van der Waals surface area contributed by atoms with Crippen molar-refractivity contribution in [1.29, 1.82) is 0 Å². The fourth-order valence-electron chi connectivity index (χ4n) is 7.09. The Morgan fingerprint density at radius 2 is 0.682 bits per heavy atom. The predicted molar refractivity (Wildman–Crippen MR) is 191 cm³/mol. The number of benzene rings is 6. The van der Waals surface area contributed by atoms with E-state index < -0.39 is 0 Å². The quantitative estimate of drug-likeness (QED) is 0.137. The Labute approximate surface area is 263 Å². The smallest absolute Gasteiger partial charge is 0.00199 e. The van der Waals surface area contributed by atoms with Gasteiger partial charge >= 0.3 is 0 Å². The van der Waals surface area contributed by atoms with E-state index in [1.165, 1.54) is 116 Å². The number of rotatable bonds is 12. The average molecular weight is 573 g/mol. The highest BCUT2D eigenvalue weighted by Gasteiger charge is 2.26. The maximum absolute atomic E-state index is 2.41. The molecule has 0 saturated carbocycles. The van der Waals surface area contributed by atoms with E-state index in [4.69, 9.17) is 0 Å². The molecule has 0 N–H and O–H groups in total. The van der Waals surface area contributed by atoms with Crippen LogP contribution in [-0.2, 0) is 38.5 Å². The molecule has 0 fully saturated rings. The van der Waals surface area contributed by atoms with Crippen molar-refractivity contribution in [3.8, 4) is 22.3 Å². The Morgan fingerprint density at radius 3 is 1.07 bits per heavy atom. The zero-order valence-corrected chi connectivity index (χ0v) is 26.5. The SMILES string of the molecule is CCCCc1ccc(CCc2ccc3c4c(ccc3c2)-c2c-4ccc3cc(CCc4ccc(CCCC)cc4)ccc23)cc1. The molecule has 0 nitrogen and oxygen atoms in total. The first-order valence-corrected chi connectivity index (χ1v) is 17.0. The van der Waals surface area contributed by atoms with Gasteiger partial charge in [0, 0.05) is 0 Å². The summed E-state index contributed by atoms with van der Waals surface area (Å²) in [6, 6.07) is 42.2. The zero-order valence-electron chi connectivity index (χ0n) is 26.5. The Morgan fingerprint density at radius 1 is 0.341 bits per heavy atom. The normalized spacial score (nSPS) is 11.9. The van der Waals surface area contributed by atoms with E-state index in [0.717, 1.165) is 25.7 Å². The second kappa shape index (κ2) is 12.8. The summed E-state index contributed by atoms with van der Waals surface area (Å²) in [6.45, 7) is 4.52. The Bertz CT molecular complexity index is 1750. The van der Waals surface area contributed by atoms with E-state index in [1.807, 2.05) is 0 Å². The standard InChI is InChI=1S/C44H44/c1-3-5-7-31-9-13-33(14-10-31)17-19-35-21-25-39-37(29-35)23-27-41-43(39)42-28-24-38-30-36(22-26-40(38)44(41)42)20-18-34-15-11-32(12-16-34)8-6-4-2/h9-16,21-30H,3-8,17-20H2,1-2H3. The molecule has 7 rings (SSSR count). The molecule has 1 aliphatic carbocycles. The van der Waals surface area contributed by atoms with Crippen LogP contribution < -0.4 is 0 Å². The van der Waals surface area contributed by atoms with Crippen molar-refractivity contribution >= 4 is 21.5 Å². The van der Waals surface area contributed by atoms with Crippen molar-refractivity contribution in [3.63, 3.8) is 0 Å². The van der Waals surface area contributed by atoms with Crippen LogP contribution in [0.15, 0.2) is 109 Å². The monoisotopic (exact) mass is 572 g/mol. The molecule has 1 aliphatic rings. The molecule has 6 aromatic carbocycles. The Balaban J connectivity index is 1.04. The first-order chi connectivity index (χ1) is 21.7. The van der Waals surface area contributed by atoms with Crippen LogP contribution in [0.2, 0.25) is 0 Å². The van der Waals surface area contributed by atoms with Crippen molar-refractivity contribution in [3.05, 3.63) is 143 Å². The van der Waals surface area contributed by atoms with Gasteiger partial charge in [-0.1, -0.05) is 136 Å². The summed E-state index contributed by atoms with van der Waals surface area (Å²) in [6.07, 6.45) is 11.8. The van der Waals surface area contributed by atoms with Crippen molar-refractivity contribution in [2.45, 2.75) is 78.1 Å². The lowest BCUT2D eigenvalue weighted by Crippen LogP contribution is -2.01. The first-order valence-electron chi connectivity index (χ1n) is 17.0. The second-order valence-electron chi connectivity index (χ2n) is 12.9. The summed E-state index contributed by atoms with van der Waals surface area (Å²) < 4.78 is 0. The van der Waals surface area contributed by atoms with Crippen LogP contribution in [0.1, 0.15) is 72.9 Å². The van der Waals surface area contributed by atoms with E-state index in [9.17, 15) is 0 Å². The van der Waals surface area contributed by atoms with Gasteiger partial charge in [-0.3, -0.25) is 0 Å². The van der Waals surface area contributed by atoms with Crippen molar-refractivity contribution in [2.75, 3.05) is 0 Å². The molecule has 0 spiro atoms. The summed E-state index contributed by atoms with van der Waals surface area (Å²) in [4.78, 5) is 0. The summed E-state index contributed by atoms with van der Waals surface area (Å²) in [5, 5.41) is 5.48. The predicted octanol–water partition coefficient (Wildman–Crippen LogP) is 11.9. The maximum Gasteiger partial charge on any atom is -0.00199 e. The van der Waals surface area contributed by atoms with Crippen molar-refractivity contribution in [1.82, 2.24) is 0 Å². The van der Waals surface area contributed by atoms with E-state index in [0.29, 0.717) is 0 Å². The maximum atomic E-state index is 2.41.